The molecule has 158 valence electrons. The van der Waals surface area contributed by atoms with Gasteiger partial charge >= 0.3 is 0 Å². The fourth-order valence-corrected chi connectivity index (χ4v) is 3.77. The summed E-state index contributed by atoms with van der Waals surface area (Å²) < 4.78 is 10.7. The van der Waals surface area contributed by atoms with E-state index in [9.17, 15) is 9.59 Å². The first-order chi connectivity index (χ1) is 15.5. The van der Waals surface area contributed by atoms with Gasteiger partial charge < -0.3 is 19.8 Å². The number of rotatable bonds is 6. The summed E-state index contributed by atoms with van der Waals surface area (Å²) in [6, 6.07) is 17.0. The highest BCUT2D eigenvalue weighted by Gasteiger charge is 2.17. The van der Waals surface area contributed by atoms with E-state index in [1.54, 1.807) is 61.5 Å². The largest absolute Gasteiger partial charge is 0.459 e. The maximum Gasteiger partial charge on any atom is 0.291 e. The molecule has 4 rings (SSSR count). The zero-order chi connectivity index (χ0) is 22.5. The van der Waals surface area contributed by atoms with Crippen molar-refractivity contribution < 1.29 is 18.7 Å². The number of amides is 2. The summed E-state index contributed by atoms with van der Waals surface area (Å²) in [6.45, 7) is 1.79. The lowest BCUT2D eigenvalue weighted by atomic mass is 10.2. The van der Waals surface area contributed by atoms with Crippen molar-refractivity contribution in [1.82, 2.24) is 4.98 Å². The molecule has 0 spiro atoms. The fourth-order valence-electron chi connectivity index (χ4n) is 2.80. The van der Waals surface area contributed by atoms with Crippen molar-refractivity contribution in [2.75, 3.05) is 10.6 Å². The van der Waals surface area contributed by atoms with Crippen LogP contribution in [-0.4, -0.2) is 16.8 Å². The topological polar surface area (TPSA) is 117 Å². The summed E-state index contributed by atoms with van der Waals surface area (Å²) in [5.41, 5.74) is 1.70. The molecule has 8 nitrogen and oxygen atoms in total. The molecule has 0 fully saturated rings. The second kappa shape index (κ2) is 9.16. The van der Waals surface area contributed by atoms with Gasteiger partial charge in [-0.3, -0.25) is 9.59 Å². The number of aromatic nitrogens is 1. The van der Waals surface area contributed by atoms with Gasteiger partial charge in [0.1, 0.15) is 5.75 Å². The van der Waals surface area contributed by atoms with Crippen LogP contribution in [0, 0.1) is 18.3 Å². The second-order valence-corrected chi connectivity index (χ2v) is 7.69. The maximum atomic E-state index is 12.7. The fraction of sp³-hybridized carbons (Fsp3) is 0.0435. The number of carbonyl (C=O) groups is 2. The van der Waals surface area contributed by atoms with E-state index in [0.29, 0.717) is 32.8 Å². The van der Waals surface area contributed by atoms with E-state index in [4.69, 9.17) is 14.4 Å². The van der Waals surface area contributed by atoms with Gasteiger partial charge in [0.15, 0.2) is 5.76 Å². The predicted molar refractivity (Wildman–Crippen MR) is 119 cm³/mol. The number of anilines is 2. The van der Waals surface area contributed by atoms with Gasteiger partial charge in [0.05, 0.1) is 39.7 Å². The summed E-state index contributed by atoms with van der Waals surface area (Å²) in [5, 5.41) is 15.0. The molecule has 32 heavy (non-hydrogen) atoms. The first kappa shape index (κ1) is 20.8. The second-order valence-electron chi connectivity index (χ2n) is 6.64. The highest BCUT2D eigenvalue weighted by atomic mass is 32.1. The van der Waals surface area contributed by atoms with Crippen LogP contribution < -0.4 is 15.4 Å². The third kappa shape index (κ3) is 4.83. The molecule has 0 unspecified atom stereocenters. The van der Waals surface area contributed by atoms with Crippen molar-refractivity contribution in [2.45, 2.75) is 6.92 Å². The number of hydrogen-bond acceptors (Lipinski definition) is 7. The minimum Gasteiger partial charge on any atom is -0.459 e. The third-order valence-electron chi connectivity index (χ3n) is 4.29. The molecule has 9 heteroatoms. The Kier molecular flexibility index (Phi) is 5.96. The van der Waals surface area contributed by atoms with E-state index >= 15 is 0 Å². The molecule has 2 N–H and O–H groups in total. The summed E-state index contributed by atoms with van der Waals surface area (Å²) in [6.07, 6.45) is 2.89. The van der Waals surface area contributed by atoms with E-state index in [2.05, 4.69) is 15.6 Å². The number of hydrogen-bond donors (Lipinski definition) is 2. The average Bonchev–Trinajstić information content (AvgIpc) is 3.45. The van der Waals surface area contributed by atoms with Crippen molar-refractivity contribution >= 4 is 33.8 Å². The molecule has 0 saturated carbocycles. The van der Waals surface area contributed by atoms with Gasteiger partial charge in [-0.05, 0) is 55.0 Å². The minimum atomic E-state index is -0.386. The Morgan fingerprint density at radius 2 is 1.97 bits per heavy atom. The monoisotopic (exact) mass is 444 g/mol. The Morgan fingerprint density at radius 1 is 1.09 bits per heavy atom. The molecule has 1 aromatic carbocycles. The number of nitriles is 1. The van der Waals surface area contributed by atoms with Crippen molar-refractivity contribution in [1.29, 1.82) is 5.26 Å². The lowest BCUT2D eigenvalue weighted by Crippen LogP contribution is -2.11. The Hall–Kier alpha value is -4.42. The molecule has 0 aliphatic carbocycles. The normalized spacial score (nSPS) is 10.2. The number of nitrogens with one attached hydrogen (secondary N) is 2. The number of nitrogens with zero attached hydrogens (tertiary/aromatic N) is 2. The van der Waals surface area contributed by atoms with Crippen LogP contribution in [0.2, 0.25) is 0 Å². The molecule has 3 aromatic heterocycles. The van der Waals surface area contributed by atoms with Gasteiger partial charge in [-0.1, -0.05) is 6.07 Å². The lowest BCUT2D eigenvalue weighted by molar-refractivity contribution is 0.0995. The van der Waals surface area contributed by atoms with Crippen LogP contribution in [0.5, 0.6) is 11.6 Å². The number of thiophene rings is 1. The molecular formula is C23H16N4O4S. The van der Waals surface area contributed by atoms with Crippen molar-refractivity contribution in [3.8, 4) is 17.7 Å². The van der Waals surface area contributed by atoms with Crippen LogP contribution in [0.15, 0.2) is 71.5 Å². The number of ether oxygens (including phenoxy) is 1. The molecule has 0 bridgehead atoms. The Balaban J connectivity index is 1.40. The third-order valence-corrected chi connectivity index (χ3v) is 5.44. The van der Waals surface area contributed by atoms with Crippen LogP contribution in [0.4, 0.5) is 10.7 Å². The lowest BCUT2D eigenvalue weighted by Gasteiger charge is -2.07. The first-order valence-corrected chi connectivity index (χ1v) is 10.2. The van der Waals surface area contributed by atoms with Crippen molar-refractivity contribution in [3.05, 3.63) is 88.8 Å². The zero-order valence-corrected chi connectivity index (χ0v) is 17.6. The molecule has 0 saturated heterocycles. The number of pyridine rings is 1. The van der Waals surface area contributed by atoms with Gasteiger partial charge in [0, 0.05) is 6.07 Å². The molecular weight excluding hydrogens is 428 g/mol. The highest BCUT2D eigenvalue weighted by molar-refractivity contribution is 7.18. The van der Waals surface area contributed by atoms with E-state index in [1.807, 2.05) is 6.07 Å². The van der Waals surface area contributed by atoms with Crippen LogP contribution in [0.25, 0.3) is 0 Å². The molecule has 4 aromatic rings. The molecule has 0 atom stereocenters. The quantitative estimate of drug-likeness (QED) is 0.421. The van der Waals surface area contributed by atoms with E-state index in [-0.39, 0.29) is 17.6 Å². The standard InChI is InChI=1S/C23H16N4O4S/c1-14-10-20(27-22(28)18-6-3-9-30-18)32-21(14)23(29)26-16-7-8-19(25-13-16)31-17-5-2-4-15(11-17)12-24/h2-11,13H,1H3,(H,26,29)(H,27,28). The summed E-state index contributed by atoms with van der Waals surface area (Å²) >= 11 is 1.16. The SMILES string of the molecule is Cc1cc(NC(=O)c2ccco2)sc1C(=O)Nc1ccc(Oc2cccc(C#N)c2)nc1. The zero-order valence-electron chi connectivity index (χ0n) is 16.8. The molecule has 0 radical (unpaired) electrons. The van der Waals surface area contributed by atoms with Crippen LogP contribution in [-0.2, 0) is 0 Å². The van der Waals surface area contributed by atoms with Crippen molar-refractivity contribution in [2.24, 2.45) is 0 Å². The Morgan fingerprint density at radius 3 is 2.69 bits per heavy atom. The van der Waals surface area contributed by atoms with Crippen LogP contribution in [0.1, 0.15) is 31.4 Å². The number of aryl methyl sites for hydroxylation is 1. The molecule has 2 amide bonds. The number of furan rings is 1. The Labute approximate surface area is 187 Å². The van der Waals surface area contributed by atoms with E-state index in [1.165, 1.54) is 12.5 Å². The molecule has 3 heterocycles. The van der Waals surface area contributed by atoms with Gasteiger partial charge in [-0.15, -0.1) is 11.3 Å². The Bertz CT molecular complexity index is 1300. The summed E-state index contributed by atoms with van der Waals surface area (Å²) in [5.74, 6) is 0.307. The highest BCUT2D eigenvalue weighted by Crippen LogP contribution is 2.28. The van der Waals surface area contributed by atoms with E-state index in [0.717, 1.165) is 16.9 Å². The predicted octanol–water partition coefficient (Wildman–Crippen LogP) is 5.21. The minimum absolute atomic E-state index is 0.190. The van der Waals surface area contributed by atoms with Crippen LogP contribution >= 0.6 is 11.3 Å². The molecule has 0 aliphatic rings. The van der Waals surface area contributed by atoms with Gasteiger partial charge in [0.2, 0.25) is 5.88 Å². The van der Waals surface area contributed by atoms with Crippen LogP contribution in [0.3, 0.4) is 0 Å². The summed E-state index contributed by atoms with van der Waals surface area (Å²) in [4.78, 5) is 29.5. The van der Waals surface area contributed by atoms with Gasteiger partial charge in [0.25, 0.3) is 11.8 Å². The van der Waals surface area contributed by atoms with Gasteiger partial charge in [-0.2, -0.15) is 5.26 Å². The molecule has 0 aliphatic heterocycles. The van der Waals surface area contributed by atoms with E-state index < -0.39 is 0 Å². The summed E-state index contributed by atoms with van der Waals surface area (Å²) in [7, 11) is 0. The first-order valence-electron chi connectivity index (χ1n) is 9.42. The number of benzene rings is 1. The number of carbonyl (C=O) groups excluding carboxylic acids is 2. The maximum absolute atomic E-state index is 12.7. The van der Waals surface area contributed by atoms with Gasteiger partial charge in [-0.25, -0.2) is 4.98 Å². The average molecular weight is 444 g/mol. The smallest absolute Gasteiger partial charge is 0.291 e. The van der Waals surface area contributed by atoms with Crippen molar-refractivity contribution in [3.63, 3.8) is 0 Å².